The number of rotatable bonds is 7. The van der Waals surface area contributed by atoms with Gasteiger partial charge in [0.2, 0.25) is 0 Å². The summed E-state index contributed by atoms with van der Waals surface area (Å²) >= 11 is 3.06. The molecule has 0 bridgehead atoms. The van der Waals surface area contributed by atoms with Crippen molar-refractivity contribution in [2.45, 2.75) is 6.42 Å². The maximum Gasteiger partial charge on any atom is 0.139 e. The van der Waals surface area contributed by atoms with Gasteiger partial charge in [-0.05, 0) is 28.4 Å². The number of nitrogen functional groups attached to an aromatic ring is 1. The molecule has 0 aliphatic heterocycles. The fourth-order valence-electron chi connectivity index (χ4n) is 1.28. The Morgan fingerprint density at radius 3 is 2.88 bits per heavy atom. The fraction of sp³-hybridized carbons (Fsp3) is 0.455. The molecule has 1 aromatic carbocycles. The Bertz CT molecular complexity index is 364. The molecule has 6 heteroatoms. The average molecular weight is 307 g/mol. The first-order valence-electron chi connectivity index (χ1n) is 5.32. The predicted molar refractivity (Wildman–Crippen MR) is 69.5 cm³/mol. The summed E-state index contributed by atoms with van der Waals surface area (Å²) in [6.07, 6.45) is 0.761. The number of benzene rings is 1. The highest BCUT2D eigenvalue weighted by Crippen LogP contribution is 2.26. The third kappa shape index (κ3) is 4.89. The molecule has 1 rings (SSSR count). The minimum absolute atomic E-state index is 0.0261. The second-order valence-electron chi connectivity index (χ2n) is 3.47. The Balaban J connectivity index is 2.34. The third-order valence-electron chi connectivity index (χ3n) is 2.11. The molecule has 0 aliphatic carbocycles. The molecule has 96 valence electrons. The molecule has 0 spiro atoms. The van der Waals surface area contributed by atoms with Gasteiger partial charge in [-0.1, -0.05) is 0 Å². The molecule has 1 aromatic rings. The number of hydrogen-bond donors (Lipinski definition) is 3. The Morgan fingerprint density at radius 2 is 2.18 bits per heavy atom. The normalized spacial score (nSPS) is 10.5. The summed E-state index contributed by atoms with van der Waals surface area (Å²) in [6, 6.07) is 2.88. The van der Waals surface area contributed by atoms with E-state index in [-0.39, 0.29) is 12.4 Å². The molecule has 0 unspecified atom stereocenters. The lowest BCUT2D eigenvalue weighted by Gasteiger charge is -2.10. The van der Waals surface area contributed by atoms with Crippen molar-refractivity contribution in [3.63, 3.8) is 0 Å². The minimum Gasteiger partial charge on any atom is -0.397 e. The van der Waals surface area contributed by atoms with Gasteiger partial charge >= 0.3 is 0 Å². The van der Waals surface area contributed by atoms with E-state index in [1.807, 2.05) is 0 Å². The summed E-state index contributed by atoms with van der Waals surface area (Å²) in [5.74, 6) is -0.349. The summed E-state index contributed by atoms with van der Waals surface area (Å²) in [6.45, 7) is 1.55. The van der Waals surface area contributed by atoms with E-state index in [0.29, 0.717) is 35.6 Å². The van der Waals surface area contributed by atoms with E-state index in [2.05, 4.69) is 21.2 Å². The summed E-state index contributed by atoms with van der Waals surface area (Å²) in [5.41, 5.74) is 6.80. The maximum absolute atomic E-state index is 13.2. The first-order valence-corrected chi connectivity index (χ1v) is 6.11. The molecule has 0 fully saturated rings. The molecule has 0 radical (unpaired) electrons. The number of nitrogens with two attached hydrogens (primary N) is 1. The van der Waals surface area contributed by atoms with Gasteiger partial charge in [-0.25, -0.2) is 4.39 Å². The van der Waals surface area contributed by atoms with Gasteiger partial charge in [-0.2, -0.15) is 0 Å². The molecule has 0 aliphatic rings. The van der Waals surface area contributed by atoms with Gasteiger partial charge in [0.05, 0.1) is 29.1 Å². The van der Waals surface area contributed by atoms with E-state index < -0.39 is 0 Å². The van der Waals surface area contributed by atoms with Crippen molar-refractivity contribution in [3.8, 4) is 0 Å². The molecule has 0 saturated heterocycles. The molecule has 17 heavy (non-hydrogen) atoms. The van der Waals surface area contributed by atoms with Crippen LogP contribution in [0.1, 0.15) is 6.42 Å². The van der Waals surface area contributed by atoms with Crippen LogP contribution in [-0.2, 0) is 4.74 Å². The topological polar surface area (TPSA) is 67.5 Å². The average Bonchev–Trinajstić information content (AvgIpc) is 2.30. The van der Waals surface area contributed by atoms with Crippen molar-refractivity contribution in [1.29, 1.82) is 0 Å². The first kappa shape index (κ1) is 14.2. The number of nitrogens with one attached hydrogen (secondary N) is 1. The van der Waals surface area contributed by atoms with Gasteiger partial charge in [0.15, 0.2) is 0 Å². The molecule has 4 nitrogen and oxygen atoms in total. The van der Waals surface area contributed by atoms with Crippen molar-refractivity contribution in [3.05, 3.63) is 22.4 Å². The van der Waals surface area contributed by atoms with E-state index in [4.69, 9.17) is 15.6 Å². The third-order valence-corrected chi connectivity index (χ3v) is 2.72. The van der Waals surface area contributed by atoms with Crippen LogP contribution in [0.3, 0.4) is 0 Å². The van der Waals surface area contributed by atoms with Gasteiger partial charge in [0.1, 0.15) is 5.82 Å². The van der Waals surface area contributed by atoms with E-state index in [9.17, 15) is 4.39 Å². The van der Waals surface area contributed by atoms with Crippen LogP contribution in [0.15, 0.2) is 16.6 Å². The number of aliphatic hydroxyl groups excluding tert-OH is 1. The molecule has 4 N–H and O–H groups in total. The van der Waals surface area contributed by atoms with Gasteiger partial charge in [0.25, 0.3) is 0 Å². The van der Waals surface area contributed by atoms with Crippen LogP contribution in [0.5, 0.6) is 0 Å². The zero-order valence-electron chi connectivity index (χ0n) is 9.38. The van der Waals surface area contributed by atoms with Crippen LogP contribution in [0, 0.1) is 5.82 Å². The lowest BCUT2D eigenvalue weighted by molar-refractivity contribution is 0.0922. The van der Waals surface area contributed by atoms with Crippen molar-refractivity contribution in [1.82, 2.24) is 0 Å². The Kier molecular flexibility index (Phi) is 6.25. The highest BCUT2D eigenvalue weighted by Gasteiger charge is 2.05. The summed E-state index contributed by atoms with van der Waals surface area (Å²) in [5, 5.41) is 11.5. The SMILES string of the molecule is Nc1cc(Br)c(F)cc1NCCCOCCO. The van der Waals surface area contributed by atoms with Gasteiger partial charge < -0.3 is 20.9 Å². The Hall–Kier alpha value is -0.850. The highest BCUT2D eigenvalue weighted by atomic mass is 79.9. The molecular weight excluding hydrogens is 291 g/mol. The summed E-state index contributed by atoms with van der Waals surface area (Å²) < 4.78 is 18.7. The molecule has 0 amide bonds. The molecule has 0 saturated carbocycles. The van der Waals surface area contributed by atoms with Gasteiger partial charge in [-0.3, -0.25) is 0 Å². The lowest BCUT2D eigenvalue weighted by atomic mass is 10.2. The number of hydrogen-bond acceptors (Lipinski definition) is 4. The first-order chi connectivity index (χ1) is 8.15. The zero-order valence-corrected chi connectivity index (χ0v) is 11.0. The van der Waals surface area contributed by atoms with Crippen molar-refractivity contribution in [2.75, 3.05) is 37.4 Å². The fourth-order valence-corrected chi connectivity index (χ4v) is 1.64. The monoisotopic (exact) mass is 306 g/mol. The van der Waals surface area contributed by atoms with Crippen molar-refractivity contribution < 1.29 is 14.2 Å². The Morgan fingerprint density at radius 1 is 1.41 bits per heavy atom. The van der Waals surface area contributed by atoms with Gasteiger partial charge in [0, 0.05) is 19.2 Å². The summed E-state index contributed by atoms with van der Waals surface area (Å²) in [7, 11) is 0. The van der Waals surface area contributed by atoms with Crippen LogP contribution in [0.2, 0.25) is 0 Å². The second-order valence-corrected chi connectivity index (χ2v) is 4.32. The van der Waals surface area contributed by atoms with Crippen LogP contribution in [-0.4, -0.2) is 31.5 Å². The summed E-state index contributed by atoms with van der Waals surface area (Å²) in [4.78, 5) is 0. The standard InChI is InChI=1S/C11H16BrFN2O2/c12-8-6-10(14)11(7-9(8)13)15-2-1-4-17-5-3-16/h6-7,15-16H,1-5,14H2. The number of anilines is 2. The quantitative estimate of drug-likeness (QED) is 0.532. The minimum atomic E-state index is -0.349. The van der Waals surface area contributed by atoms with Crippen molar-refractivity contribution >= 4 is 27.3 Å². The lowest BCUT2D eigenvalue weighted by Crippen LogP contribution is -2.09. The highest BCUT2D eigenvalue weighted by molar-refractivity contribution is 9.10. The largest absolute Gasteiger partial charge is 0.397 e. The smallest absolute Gasteiger partial charge is 0.139 e. The van der Waals surface area contributed by atoms with Crippen LogP contribution < -0.4 is 11.1 Å². The van der Waals surface area contributed by atoms with Crippen LogP contribution in [0.4, 0.5) is 15.8 Å². The molecular formula is C11H16BrFN2O2. The number of halogens is 2. The van der Waals surface area contributed by atoms with Crippen molar-refractivity contribution in [2.24, 2.45) is 0 Å². The Labute approximate surface area is 108 Å². The van der Waals surface area contributed by atoms with Crippen LogP contribution in [0.25, 0.3) is 0 Å². The van der Waals surface area contributed by atoms with E-state index in [0.717, 1.165) is 6.42 Å². The predicted octanol–water partition coefficient (Wildman–Crippen LogP) is 1.98. The second kappa shape index (κ2) is 7.47. The van der Waals surface area contributed by atoms with E-state index in [1.165, 1.54) is 12.1 Å². The van der Waals surface area contributed by atoms with E-state index >= 15 is 0 Å². The molecule has 0 aromatic heterocycles. The molecule has 0 atom stereocenters. The van der Waals surface area contributed by atoms with Gasteiger partial charge in [-0.15, -0.1) is 0 Å². The van der Waals surface area contributed by atoms with E-state index in [1.54, 1.807) is 0 Å². The van der Waals surface area contributed by atoms with Crippen LogP contribution >= 0.6 is 15.9 Å². The maximum atomic E-state index is 13.2. The molecule has 0 heterocycles. The number of aliphatic hydroxyl groups is 1. The zero-order chi connectivity index (χ0) is 12.7. The number of ether oxygens (including phenoxy) is 1.